The minimum atomic E-state index is -0.870. The molecule has 0 aromatic rings. The molecule has 0 N–H and O–H groups in total. The van der Waals surface area contributed by atoms with Crippen molar-refractivity contribution in [2.75, 3.05) is 0 Å². The van der Waals surface area contributed by atoms with Gasteiger partial charge in [-0.1, -0.05) is 13.8 Å². The quantitative estimate of drug-likeness (QED) is 0.547. The Bertz CT molecular complexity index is 257. The largest absolute Gasteiger partial charge is 0.511 e. The van der Waals surface area contributed by atoms with Crippen molar-refractivity contribution in [2.45, 2.75) is 52.4 Å². The maximum absolute atomic E-state index is 11.3. The van der Waals surface area contributed by atoms with E-state index in [2.05, 4.69) is 0 Å². The normalized spacial score (nSPS) is 17.5. The van der Waals surface area contributed by atoms with Crippen molar-refractivity contribution in [2.24, 2.45) is 5.92 Å². The van der Waals surface area contributed by atoms with Crippen LogP contribution in [0.5, 0.6) is 0 Å². The summed E-state index contributed by atoms with van der Waals surface area (Å²) in [7, 11) is 0. The Morgan fingerprint density at radius 1 is 1.19 bits per heavy atom. The van der Waals surface area contributed by atoms with Gasteiger partial charge in [-0.15, -0.1) is 0 Å². The van der Waals surface area contributed by atoms with Gasteiger partial charge in [0.25, 0.3) is 6.29 Å². The fourth-order valence-electron chi connectivity index (χ4n) is 1.21. The van der Waals surface area contributed by atoms with Crippen molar-refractivity contribution in [1.82, 2.24) is 0 Å². The number of ether oxygens (including phenoxy) is 3. The molecule has 0 aliphatic heterocycles. The van der Waals surface area contributed by atoms with E-state index in [4.69, 9.17) is 14.2 Å². The van der Waals surface area contributed by atoms with Gasteiger partial charge < -0.3 is 14.2 Å². The summed E-state index contributed by atoms with van der Waals surface area (Å²) in [6.45, 7) is 4.87. The van der Waals surface area contributed by atoms with Gasteiger partial charge in [-0.3, -0.25) is 4.79 Å². The van der Waals surface area contributed by atoms with Crippen LogP contribution >= 0.6 is 0 Å². The maximum Gasteiger partial charge on any atom is 0.511 e. The summed E-state index contributed by atoms with van der Waals surface area (Å²) in [4.78, 5) is 22.1. The molecule has 1 saturated carbocycles. The van der Waals surface area contributed by atoms with Crippen molar-refractivity contribution in [3.63, 3.8) is 0 Å². The van der Waals surface area contributed by atoms with Gasteiger partial charge >= 0.3 is 12.1 Å². The highest BCUT2D eigenvalue weighted by molar-refractivity contribution is 5.66. The van der Waals surface area contributed by atoms with E-state index in [1.54, 1.807) is 13.8 Å². The molecule has 0 radical (unpaired) electrons. The lowest BCUT2D eigenvalue weighted by Gasteiger charge is -2.26. The minimum absolute atomic E-state index is 0.0300. The van der Waals surface area contributed by atoms with Crippen LogP contribution in [0.4, 0.5) is 4.79 Å². The molecule has 1 fully saturated rings. The van der Waals surface area contributed by atoms with Gasteiger partial charge in [0, 0.05) is 12.8 Å². The first-order valence-electron chi connectivity index (χ1n) is 5.53. The zero-order chi connectivity index (χ0) is 12.1. The summed E-state index contributed by atoms with van der Waals surface area (Å²) in [5.41, 5.74) is 0. The molecule has 0 aromatic heterocycles. The molecule has 1 aliphatic rings. The van der Waals surface area contributed by atoms with E-state index in [0.29, 0.717) is 0 Å². The molecule has 16 heavy (non-hydrogen) atoms. The van der Waals surface area contributed by atoms with Crippen molar-refractivity contribution in [3.05, 3.63) is 0 Å². The number of hydrogen-bond donors (Lipinski definition) is 0. The van der Waals surface area contributed by atoms with E-state index in [0.717, 1.165) is 19.3 Å². The summed E-state index contributed by atoms with van der Waals surface area (Å²) >= 11 is 0. The van der Waals surface area contributed by atoms with Gasteiger partial charge in [0.15, 0.2) is 0 Å². The molecule has 0 heterocycles. The van der Waals surface area contributed by atoms with E-state index in [-0.39, 0.29) is 12.0 Å². The Kier molecular flexibility index (Phi) is 4.58. The third-order valence-corrected chi connectivity index (χ3v) is 2.35. The molecule has 5 nitrogen and oxygen atoms in total. The average Bonchev–Trinajstić information content (AvgIpc) is 2.09. The molecule has 1 atom stereocenters. The Hall–Kier alpha value is -1.26. The first-order valence-corrected chi connectivity index (χ1v) is 5.53. The number of carbonyl (C=O) groups is 2. The second-order valence-electron chi connectivity index (χ2n) is 4.26. The highest BCUT2D eigenvalue weighted by Crippen LogP contribution is 2.23. The van der Waals surface area contributed by atoms with Crippen molar-refractivity contribution < 1.29 is 23.8 Å². The topological polar surface area (TPSA) is 61.8 Å². The lowest BCUT2D eigenvalue weighted by atomic mass is 9.96. The molecule has 92 valence electrons. The summed E-state index contributed by atoms with van der Waals surface area (Å²) in [5, 5.41) is 0. The molecule has 0 bridgehead atoms. The van der Waals surface area contributed by atoms with E-state index in [1.165, 1.54) is 6.92 Å². The summed E-state index contributed by atoms with van der Waals surface area (Å²) in [6.07, 6.45) is 1.19. The van der Waals surface area contributed by atoms with Gasteiger partial charge in [0.1, 0.15) is 6.10 Å². The van der Waals surface area contributed by atoms with Crippen LogP contribution in [0.15, 0.2) is 0 Å². The highest BCUT2D eigenvalue weighted by Gasteiger charge is 2.26. The second kappa shape index (κ2) is 5.72. The maximum atomic E-state index is 11.3. The van der Waals surface area contributed by atoms with Gasteiger partial charge in [0.2, 0.25) is 0 Å². The molecule has 0 amide bonds. The molecular formula is C11H18O5. The van der Waals surface area contributed by atoms with Crippen LogP contribution in [0.2, 0.25) is 0 Å². The molecule has 0 aromatic carbocycles. The molecule has 0 saturated heterocycles. The summed E-state index contributed by atoms with van der Waals surface area (Å²) < 4.78 is 14.8. The van der Waals surface area contributed by atoms with Gasteiger partial charge in [0.05, 0.1) is 0 Å². The predicted molar refractivity (Wildman–Crippen MR) is 55.6 cm³/mol. The Morgan fingerprint density at radius 2 is 1.81 bits per heavy atom. The molecule has 1 aliphatic carbocycles. The number of esters is 1. The summed E-state index contributed by atoms with van der Waals surface area (Å²) in [5.74, 6) is -0.576. The molecule has 1 rings (SSSR count). The van der Waals surface area contributed by atoms with Crippen LogP contribution in [0.25, 0.3) is 0 Å². The Morgan fingerprint density at radius 3 is 2.19 bits per heavy atom. The number of hydrogen-bond acceptors (Lipinski definition) is 5. The predicted octanol–water partition coefficient (Wildman–Crippen LogP) is 2.24. The first kappa shape index (κ1) is 12.8. The van der Waals surface area contributed by atoms with Gasteiger partial charge in [-0.05, 0) is 19.3 Å². The van der Waals surface area contributed by atoms with Crippen molar-refractivity contribution >= 4 is 12.1 Å². The number of rotatable bonds is 4. The molecule has 5 heteroatoms. The minimum Gasteiger partial charge on any atom is -0.431 e. The second-order valence-corrected chi connectivity index (χ2v) is 4.26. The zero-order valence-electron chi connectivity index (χ0n) is 9.89. The third-order valence-electron chi connectivity index (χ3n) is 2.35. The zero-order valence-corrected chi connectivity index (χ0v) is 9.89. The third kappa shape index (κ3) is 4.08. The fourth-order valence-corrected chi connectivity index (χ4v) is 1.21. The van der Waals surface area contributed by atoms with Gasteiger partial charge in [-0.25, -0.2) is 4.79 Å². The van der Waals surface area contributed by atoms with Crippen LogP contribution in [0, 0.1) is 5.92 Å². The number of carbonyl (C=O) groups excluding carboxylic acids is 2. The smallest absolute Gasteiger partial charge is 0.431 e. The Labute approximate surface area is 95.0 Å². The molecule has 0 spiro atoms. The van der Waals surface area contributed by atoms with Gasteiger partial charge in [-0.2, -0.15) is 0 Å². The highest BCUT2D eigenvalue weighted by atomic mass is 16.8. The summed E-state index contributed by atoms with van der Waals surface area (Å²) in [6, 6.07) is 0. The van der Waals surface area contributed by atoms with E-state index in [9.17, 15) is 9.59 Å². The van der Waals surface area contributed by atoms with Crippen LogP contribution in [0.3, 0.4) is 0 Å². The first-order chi connectivity index (χ1) is 7.49. The van der Waals surface area contributed by atoms with Crippen LogP contribution < -0.4 is 0 Å². The lowest BCUT2D eigenvalue weighted by molar-refractivity contribution is -0.178. The standard InChI is InChI=1S/C11H18O5/c1-7(2)10(14-8(3)12)16-11(13)15-9-5-4-6-9/h7,9-10H,4-6H2,1-3H3/t10-/m0/s1. The molecule has 0 unspecified atom stereocenters. The lowest BCUT2D eigenvalue weighted by Crippen LogP contribution is -2.32. The average molecular weight is 230 g/mol. The van der Waals surface area contributed by atoms with E-state index >= 15 is 0 Å². The van der Waals surface area contributed by atoms with E-state index < -0.39 is 18.4 Å². The van der Waals surface area contributed by atoms with Crippen LogP contribution in [-0.2, 0) is 19.0 Å². The Balaban J connectivity index is 2.34. The van der Waals surface area contributed by atoms with E-state index in [1.807, 2.05) is 0 Å². The molecular weight excluding hydrogens is 212 g/mol. The van der Waals surface area contributed by atoms with Crippen molar-refractivity contribution in [3.8, 4) is 0 Å². The monoisotopic (exact) mass is 230 g/mol. The SMILES string of the molecule is CC(=O)O[C@@H](OC(=O)OC1CCC1)C(C)C. The fraction of sp³-hybridized carbons (Fsp3) is 0.818. The van der Waals surface area contributed by atoms with Crippen LogP contribution in [-0.4, -0.2) is 24.5 Å². The van der Waals surface area contributed by atoms with Crippen molar-refractivity contribution in [1.29, 1.82) is 0 Å². The van der Waals surface area contributed by atoms with Crippen LogP contribution in [0.1, 0.15) is 40.0 Å².